The number of amides is 1. The van der Waals surface area contributed by atoms with Gasteiger partial charge < -0.3 is 5.32 Å². The number of hydrogen-bond acceptors (Lipinski definition) is 3. The molecule has 4 nitrogen and oxygen atoms in total. The van der Waals surface area contributed by atoms with E-state index in [2.05, 4.69) is 22.9 Å². The van der Waals surface area contributed by atoms with E-state index in [0.717, 1.165) is 13.0 Å². The van der Waals surface area contributed by atoms with Crippen molar-refractivity contribution < 1.29 is 9.63 Å². The smallest absolute Gasteiger partial charge is 0.245 e. The summed E-state index contributed by atoms with van der Waals surface area (Å²) in [4.78, 5) is 16.5. The number of nitrogens with one attached hydrogen (secondary N) is 2. The van der Waals surface area contributed by atoms with Gasteiger partial charge in [-0.1, -0.05) is 24.3 Å². The largest absolute Gasteiger partial charge is 0.309 e. The molecule has 0 aliphatic carbocycles. The number of benzene rings is 1. The third kappa shape index (κ3) is 3.05. The summed E-state index contributed by atoms with van der Waals surface area (Å²) < 4.78 is 0. The number of hydrogen-bond donors (Lipinski definition) is 2. The second-order valence-corrected chi connectivity index (χ2v) is 4.12. The average molecular weight is 234 g/mol. The van der Waals surface area contributed by atoms with Crippen molar-refractivity contribution in [2.24, 2.45) is 0 Å². The molecule has 2 rings (SSSR count). The minimum Gasteiger partial charge on any atom is -0.309 e. The first-order chi connectivity index (χ1) is 8.31. The molecule has 0 saturated carbocycles. The van der Waals surface area contributed by atoms with Crippen molar-refractivity contribution in [3.05, 3.63) is 35.4 Å². The van der Waals surface area contributed by atoms with E-state index in [1.165, 1.54) is 11.1 Å². The summed E-state index contributed by atoms with van der Waals surface area (Å²) in [5.41, 5.74) is 4.99. The van der Waals surface area contributed by atoms with Crippen LogP contribution in [0.25, 0.3) is 0 Å². The topological polar surface area (TPSA) is 50.4 Å². The predicted molar refractivity (Wildman–Crippen MR) is 65.3 cm³/mol. The Morgan fingerprint density at radius 2 is 2.35 bits per heavy atom. The van der Waals surface area contributed by atoms with E-state index in [-0.39, 0.29) is 11.9 Å². The number of carbonyl (C=O) groups is 1. The van der Waals surface area contributed by atoms with Gasteiger partial charge in [0.2, 0.25) is 5.91 Å². The van der Waals surface area contributed by atoms with Gasteiger partial charge in [-0.25, -0.2) is 5.48 Å². The molecule has 1 heterocycles. The van der Waals surface area contributed by atoms with Crippen molar-refractivity contribution in [2.75, 3.05) is 13.2 Å². The fraction of sp³-hybridized carbons (Fsp3) is 0.462. The molecule has 1 aromatic rings. The Bertz CT molecular complexity index is 393. The monoisotopic (exact) mass is 234 g/mol. The van der Waals surface area contributed by atoms with Crippen LogP contribution >= 0.6 is 0 Å². The van der Waals surface area contributed by atoms with Crippen LogP contribution in [0, 0.1) is 0 Å². The predicted octanol–water partition coefficient (Wildman–Crippen LogP) is 1.33. The van der Waals surface area contributed by atoms with Crippen molar-refractivity contribution in [3.8, 4) is 0 Å². The first-order valence-corrected chi connectivity index (χ1v) is 6.03. The van der Waals surface area contributed by atoms with Crippen LogP contribution < -0.4 is 10.8 Å². The van der Waals surface area contributed by atoms with Gasteiger partial charge in [0.25, 0.3) is 0 Å². The van der Waals surface area contributed by atoms with Crippen molar-refractivity contribution in [3.63, 3.8) is 0 Å². The summed E-state index contributed by atoms with van der Waals surface area (Å²) in [5, 5.41) is 3.37. The van der Waals surface area contributed by atoms with E-state index in [1.54, 1.807) is 0 Å². The molecule has 1 unspecified atom stereocenters. The maximum Gasteiger partial charge on any atom is 0.245 e. The third-order valence-electron chi connectivity index (χ3n) is 2.94. The van der Waals surface area contributed by atoms with Crippen LogP contribution in [-0.2, 0) is 16.1 Å². The highest BCUT2D eigenvalue weighted by Crippen LogP contribution is 2.24. The molecule has 0 radical (unpaired) electrons. The highest BCUT2D eigenvalue weighted by Gasteiger charge is 2.21. The fourth-order valence-electron chi connectivity index (χ4n) is 2.15. The maximum atomic E-state index is 11.6. The zero-order chi connectivity index (χ0) is 12.1. The normalized spacial score (nSPS) is 18.5. The lowest BCUT2D eigenvalue weighted by Gasteiger charge is -2.26. The van der Waals surface area contributed by atoms with Crippen molar-refractivity contribution in [2.45, 2.75) is 25.8 Å². The number of hydroxylamine groups is 1. The summed E-state index contributed by atoms with van der Waals surface area (Å²) in [5.74, 6) is -0.0824. The van der Waals surface area contributed by atoms with Gasteiger partial charge in [0, 0.05) is 12.5 Å². The molecule has 4 heteroatoms. The standard InChI is InChI=1S/C13H18N2O2/c1-2-17-15-13(16)9-12-11-6-4-3-5-10(11)7-8-14-12/h3-6,12,14H,2,7-9H2,1H3,(H,15,16). The number of fused-ring (bicyclic) bond motifs is 1. The van der Waals surface area contributed by atoms with Gasteiger partial charge in [0.05, 0.1) is 6.61 Å². The molecule has 92 valence electrons. The Kier molecular flexibility index (Phi) is 4.12. The average Bonchev–Trinajstić information content (AvgIpc) is 2.37. The summed E-state index contributed by atoms with van der Waals surface area (Å²) in [6.45, 7) is 3.25. The van der Waals surface area contributed by atoms with Crippen LogP contribution in [0.4, 0.5) is 0 Å². The molecule has 0 saturated heterocycles. The zero-order valence-electron chi connectivity index (χ0n) is 10.0. The lowest BCUT2D eigenvalue weighted by molar-refractivity contribution is -0.133. The van der Waals surface area contributed by atoms with Gasteiger partial charge >= 0.3 is 0 Å². The minimum absolute atomic E-state index is 0.0824. The van der Waals surface area contributed by atoms with Crippen LogP contribution in [-0.4, -0.2) is 19.1 Å². The number of carbonyl (C=O) groups excluding carboxylic acids is 1. The summed E-state index contributed by atoms with van der Waals surface area (Å²) in [7, 11) is 0. The zero-order valence-corrected chi connectivity index (χ0v) is 10.0. The molecule has 0 spiro atoms. The molecular formula is C13H18N2O2. The first-order valence-electron chi connectivity index (χ1n) is 6.03. The Morgan fingerprint density at radius 3 is 3.18 bits per heavy atom. The summed E-state index contributed by atoms with van der Waals surface area (Å²) in [6, 6.07) is 8.37. The van der Waals surface area contributed by atoms with Crippen LogP contribution in [0.3, 0.4) is 0 Å². The maximum absolute atomic E-state index is 11.6. The molecule has 1 aliphatic heterocycles. The van der Waals surface area contributed by atoms with Crippen molar-refractivity contribution in [1.82, 2.24) is 10.8 Å². The minimum atomic E-state index is -0.0824. The lowest BCUT2D eigenvalue weighted by Crippen LogP contribution is -2.34. The van der Waals surface area contributed by atoms with Crippen LogP contribution in [0.15, 0.2) is 24.3 Å². The molecule has 2 N–H and O–H groups in total. The first kappa shape index (κ1) is 12.1. The quantitative estimate of drug-likeness (QED) is 0.773. The molecule has 1 amide bonds. The Morgan fingerprint density at radius 1 is 1.53 bits per heavy atom. The molecule has 17 heavy (non-hydrogen) atoms. The van der Waals surface area contributed by atoms with Gasteiger partial charge in [-0.05, 0) is 31.0 Å². The molecule has 1 atom stereocenters. The molecule has 0 fully saturated rings. The van der Waals surface area contributed by atoms with E-state index in [9.17, 15) is 4.79 Å². The Labute approximate surface area is 101 Å². The second kappa shape index (κ2) is 5.80. The molecular weight excluding hydrogens is 216 g/mol. The SMILES string of the molecule is CCONC(=O)CC1NCCc2ccccc21. The highest BCUT2D eigenvalue weighted by atomic mass is 16.6. The second-order valence-electron chi connectivity index (χ2n) is 4.12. The molecule has 1 aromatic carbocycles. The van der Waals surface area contributed by atoms with Crippen LogP contribution in [0.5, 0.6) is 0 Å². The molecule has 0 bridgehead atoms. The van der Waals surface area contributed by atoms with E-state index in [0.29, 0.717) is 13.0 Å². The van der Waals surface area contributed by atoms with Gasteiger partial charge in [-0.15, -0.1) is 0 Å². The fourth-order valence-corrected chi connectivity index (χ4v) is 2.15. The van der Waals surface area contributed by atoms with Gasteiger partial charge in [-0.3, -0.25) is 9.63 Å². The highest BCUT2D eigenvalue weighted by molar-refractivity contribution is 5.75. The van der Waals surface area contributed by atoms with Crippen molar-refractivity contribution >= 4 is 5.91 Å². The van der Waals surface area contributed by atoms with E-state index in [1.807, 2.05) is 19.1 Å². The summed E-state index contributed by atoms with van der Waals surface area (Å²) in [6.07, 6.45) is 1.44. The number of rotatable bonds is 4. The van der Waals surface area contributed by atoms with Gasteiger partial charge in [-0.2, -0.15) is 0 Å². The van der Waals surface area contributed by atoms with Crippen molar-refractivity contribution in [1.29, 1.82) is 0 Å². The molecule has 0 aromatic heterocycles. The Balaban J connectivity index is 2.01. The van der Waals surface area contributed by atoms with Gasteiger partial charge in [0.1, 0.15) is 0 Å². The molecule has 1 aliphatic rings. The van der Waals surface area contributed by atoms with E-state index in [4.69, 9.17) is 4.84 Å². The van der Waals surface area contributed by atoms with E-state index >= 15 is 0 Å². The summed E-state index contributed by atoms with van der Waals surface area (Å²) >= 11 is 0. The lowest BCUT2D eigenvalue weighted by atomic mass is 9.92. The third-order valence-corrected chi connectivity index (χ3v) is 2.94. The van der Waals surface area contributed by atoms with Crippen LogP contribution in [0.2, 0.25) is 0 Å². The van der Waals surface area contributed by atoms with E-state index < -0.39 is 0 Å². The van der Waals surface area contributed by atoms with Crippen LogP contribution in [0.1, 0.15) is 30.5 Å². The Hall–Kier alpha value is -1.39. The van der Waals surface area contributed by atoms with Gasteiger partial charge in [0.15, 0.2) is 0 Å².